The Hall–Kier alpha value is -2.88. The molecule has 1 amide bonds. The van der Waals surface area contributed by atoms with Crippen LogP contribution in [-0.2, 0) is 14.8 Å². The minimum atomic E-state index is -3.21. The predicted molar refractivity (Wildman–Crippen MR) is 116 cm³/mol. The van der Waals surface area contributed by atoms with Crippen LogP contribution in [0.1, 0.15) is 38.8 Å². The van der Waals surface area contributed by atoms with E-state index in [2.05, 4.69) is 5.32 Å². The van der Waals surface area contributed by atoms with Gasteiger partial charge in [0.1, 0.15) is 0 Å². The average Bonchev–Trinajstić information content (AvgIpc) is 2.77. The highest BCUT2D eigenvalue weighted by Gasteiger charge is 2.30. The van der Waals surface area contributed by atoms with Crippen molar-refractivity contribution < 1.29 is 22.8 Å². The molecular formula is C22H23N3O5S. The number of amides is 1. The molecule has 1 heterocycles. The van der Waals surface area contributed by atoms with Gasteiger partial charge in [-0.1, -0.05) is 24.3 Å². The van der Waals surface area contributed by atoms with Gasteiger partial charge < -0.3 is 5.32 Å². The van der Waals surface area contributed by atoms with Crippen LogP contribution in [-0.4, -0.2) is 73.6 Å². The Morgan fingerprint density at radius 1 is 0.903 bits per heavy atom. The minimum absolute atomic E-state index is 0.0670. The molecule has 4 rings (SSSR count). The fourth-order valence-electron chi connectivity index (χ4n) is 3.93. The van der Waals surface area contributed by atoms with Crippen molar-refractivity contribution in [3.63, 3.8) is 0 Å². The van der Waals surface area contributed by atoms with E-state index in [1.807, 2.05) is 4.90 Å². The zero-order valence-electron chi connectivity index (χ0n) is 17.1. The lowest BCUT2D eigenvalue weighted by molar-refractivity contribution is -0.117. The molecule has 2 aromatic carbocycles. The molecule has 0 bridgehead atoms. The number of nitrogens with one attached hydrogen (secondary N) is 1. The van der Waals surface area contributed by atoms with Gasteiger partial charge in [-0.15, -0.1) is 0 Å². The minimum Gasteiger partial charge on any atom is -0.325 e. The number of hydrogen-bond donors (Lipinski definition) is 1. The molecule has 0 atom stereocenters. The van der Waals surface area contributed by atoms with Crippen LogP contribution in [0.5, 0.6) is 0 Å². The molecule has 0 spiro atoms. The second-order valence-corrected chi connectivity index (χ2v) is 9.85. The highest BCUT2D eigenvalue weighted by atomic mass is 32.2. The Labute approximate surface area is 180 Å². The molecule has 2 aliphatic rings. The highest BCUT2D eigenvalue weighted by molar-refractivity contribution is 7.89. The number of anilines is 1. The fourth-order valence-corrected chi connectivity index (χ4v) is 5.01. The van der Waals surface area contributed by atoms with E-state index >= 15 is 0 Å². The van der Waals surface area contributed by atoms with Gasteiger partial charge in [0.25, 0.3) is 0 Å². The first-order valence-corrected chi connectivity index (χ1v) is 11.7. The van der Waals surface area contributed by atoms with Gasteiger partial charge in [-0.05, 0) is 25.1 Å². The standard InChI is InChI=1S/C22H23N3O5S/c1-2-31(29,30)25-11-9-24(10-12-25)14-20(26)23-15-7-8-18-19(13-15)22(28)17-6-4-3-5-16(17)21(18)27/h3-8,13H,2,9-12,14H2,1H3,(H,23,26). The third kappa shape index (κ3) is 4.16. The molecule has 1 fully saturated rings. The first-order valence-electron chi connectivity index (χ1n) is 10.1. The second-order valence-electron chi connectivity index (χ2n) is 7.59. The van der Waals surface area contributed by atoms with Crippen LogP contribution in [0.4, 0.5) is 5.69 Å². The number of benzene rings is 2. The summed E-state index contributed by atoms with van der Waals surface area (Å²) in [7, 11) is -3.21. The van der Waals surface area contributed by atoms with Crippen LogP contribution >= 0.6 is 0 Å². The van der Waals surface area contributed by atoms with Gasteiger partial charge >= 0.3 is 0 Å². The van der Waals surface area contributed by atoms with Gasteiger partial charge in [-0.3, -0.25) is 19.3 Å². The zero-order chi connectivity index (χ0) is 22.2. The Kier molecular flexibility index (Phi) is 5.74. The normalized spacial score (nSPS) is 17.2. The number of carbonyl (C=O) groups is 3. The quantitative estimate of drug-likeness (QED) is 0.641. The number of sulfonamides is 1. The summed E-state index contributed by atoms with van der Waals surface area (Å²) in [5, 5.41) is 2.78. The largest absolute Gasteiger partial charge is 0.325 e. The molecule has 2 aromatic rings. The summed E-state index contributed by atoms with van der Waals surface area (Å²) in [6.07, 6.45) is 0. The predicted octanol–water partition coefficient (Wildman–Crippen LogP) is 1.37. The zero-order valence-corrected chi connectivity index (χ0v) is 17.9. The molecule has 0 unspecified atom stereocenters. The van der Waals surface area contributed by atoms with E-state index in [1.54, 1.807) is 43.3 Å². The maximum Gasteiger partial charge on any atom is 0.238 e. The number of nitrogens with zero attached hydrogens (tertiary/aromatic N) is 2. The van der Waals surface area contributed by atoms with Crippen LogP contribution in [0.3, 0.4) is 0 Å². The fraction of sp³-hybridized carbons (Fsp3) is 0.318. The monoisotopic (exact) mass is 441 g/mol. The van der Waals surface area contributed by atoms with Crippen LogP contribution in [0.25, 0.3) is 0 Å². The molecule has 9 heteroatoms. The van der Waals surface area contributed by atoms with Crippen LogP contribution < -0.4 is 5.32 Å². The molecule has 0 aromatic heterocycles. The average molecular weight is 442 g/mol. The van der Waals surface area contributed by atoms with Gasteiger partial charge in [0.2, 0.25) is 15.9 Å². The van der Waals surface area contributed by atoms with Crippen LogP contribution in [0.15, 0.2) is 42.5 Å². The number of piperazine rings is 1. The molecule has 162 valence electrons. The van der Waals surface area contributed by atoms with Crippen LogP contribution in [0.2, 0.25) is 0 Å². The maximum absolute atomic E-state index is 12.8. The van der Waals surface area contributed by atoms with Crippen molar-refractivity contribution in [3.05, 3.63) is 64.7 Å². The van der Waals surface area contributed by atoms with Crippen molar-refractivity contribution in [3.8, 4) is 0 Å². The van der Waals surface area contributed by atoms with Gasteiger partial charge in [0.15, 0.2) is 11.6 Å². The highest BCUT2D eigenvalue weighted by Crippen LogP contribution is 2.29. The Balaban J connectivity index is 1.41. The number of carbonyl (C=O) groups excluding carboxylic acids is 3. The van der Waals surface area contributed by atoms with Crippen molar-refractivity contribution in [1.82, 2.24) is 9.21 Å². The lowest BCUT2D eigenvalue weighted by atomic mass is 9.84. The van der Waals surface area contributed by atoms with E-state index in [0.29, 0.717) is 48.6 Å². The Bertz CT molecular complexity index is 1170. The summed E-state index contributed by atoms with van der Waals surface area (Å²) < 4.78 is 25.3. The van der Waals surface area contributed by atoms with Crippen LogP contribution in [0, 0.1) is 0 Å². The third-order valence-corrected chi connectivity index (χ3v) is 7.55. The third-order valence-electron chi connectivity index (χ3n) is 5.67. The lowest BCUT2D eigenvalue weighted by Crippen LogP contribution is -2.50. The van der Waals surface area contributed by atoms with Gasteiger partial charge in [0.05, 0.1) is 12.3 Å². The maximum atomic E-state index is 12.8. The van der Waals surface area contributed by atoms with E-state index in [9.17, 15) is 22.8 Å². The number of fused-ring (bicyclic) bond motifs is 2. The number of ketones is 2. The number of rotatable bonds is 5. The molecule has 0 radical (unpaired) electrons. The molecule has 1 saturated heterocycles. The first-order chi connectivity index (χ1) is 14.8. The SMILES string of the molecule is CCS(=O)(=O)N1CCN(CC(=O)Nc2ccc3c(c2)C(=O)c2ccccc2C3=O)CC1. The molecule has 1 aliphatic heterocycles. The lowest BCUT2D eigenvalue weighted by Gasteiger charge is -2.33. The molecular weight excluding hydrogens is 418 g/mol. The summed E-state index contributed by atoms with van der Waals surface area (Å²) in [5.41, 5.74) is 1.80. The van der Waals surface area contributed by atoms with Crippen molar-refractivity contribution >= 4 is 33.2 Å². The van der Waals surface area contributed by atoms with Crippen molar-refractivity contribution in [2.24, 2.45) is 0 Å². The summed E-state index contributed by atoms with van der Waals surface area (Å²) in [6, 6.07) is 11.4. The Morgan fingerprint density at radius 3 is 2.10 bits per heavy atom. The van der Waals surface area contributed by atoms with Crippen molar-refractivity contribution in [2.45, 2.75) is 6.92 Å². The van der Waals surface area contributed by atoms with Gasteiger partial charge in [0, 0.05) is 54.1 Å². The first kappa shape index (κ1) is 21.4. The topological polar surface area (TPSA) is 104 Å². The van der Waals surface area contributed by atoms with Gasteiger partial charge in [-0.25, -0.2) is 8.42 Å². The van der Waals surface area contributed by atoms with E-state index in [1.165, 1.54) is 10.4 Å². The second kappa shape index (κ2) is 8.33. The molecule has 1 N–H and O–H groups in total. The van der Waals surface area contributed by atoms with E-state index in [4.69, 9.17) is 0 Å². The molecule has 8 nitrogen and oxygen atoms in total. The number of hydrogen-bond acceptors (Lipinski definition) is 6. The summed E-state index contributed by atoms with van der Waals surface area (Å²) >= 11 is 0. The Morgan fingerprint density at radius 2 is 1.48 bits per heavy atom. The van der Waals surface area contributed by atoms with E-state index in [0.717, 1.165) is 0 Å². The smallest absolute Gasteiger partial charge is 0.238 e. The summed E-state index contributed by atoms with van der Waals surface area (Å²) in [5.74, 6) is -0.642. The molecule has 1 aliphatic carbocycles. The summed E-state index contributed by atoms with van der Waals surface area (Å²) in [4.78, 5) is 39.9. The van der Waals surface area contributed by atoms with E-state index in [-0.39, 0.29) is 35.3 Å². The molecule has 31 heavy (non-hydrogen) atoms. The van der Waals surface area contributed by atoms with Gasteiger partial charge in [-0.2, -0.15) is 4.31 Å². The van der Waals surface area contributed by atoms with Crippen molar-refractivity contribution in [2.75, 3.05) is 43.8 Å². The molecule has 0 saturated carbocycles. The van der Waals surface area contributed by atoms with Crippen molar-refractivity contribution in [1.29, 1.82) is 0 Å². The van der Waals surface area contributed by atoms with E-state index < -0.39 is 10.0 Å². The summed E-state index contributed by atoms with van der Waals surface area (Å²) in [6.45, 7) is 3.40.